The van der Waals surface area contributed by atoms with E-state index in [0.717, 1.165) is 5.56 Å². The molecule has 0 aliphatic carbocycles. The van der Waals surface area contributed by atoms with Gasteiger partial charge in [-0.25, -0.2) is 0 Å². The Kier molecular flexibility index (Phi) is 6.59. The molecule has 1 unspecified atom stereocenters. The molecule has 2 aromatic rings. The van der Waals surface area contributed by atoms with Gasteiger partial charge in [0.05, 0.1) is 6.04 Å². The Balaban J connectivity index is 2.08. The second-order valence-corrected chi connectivity index (χ2v) is 6.72. The summed E-state index contributed by atoms with van der Waals surface area (Å²) in [5, 5.41) is 6.36. The molecule has 0 aliphatic rings. The molecule has 2 N–H and O–H groups in total. The first-order valence-electron chi connectivity index (χ1n) is 8.31. The van der Waals surface area contributed by atoms with Crippen LogP contribution in [0.4, 0.5) is 0 Å². The minimum atomic E-state index is -0.627. The van der Waals surface area contributed by atoms with Crippen molar-refractivity contribution in [1.82, 2.24) is 10.6 Å². The molecule has 0 spiro atoms. The fourth-order valence-electron chi connectivity index (χ4n) is 2.56. The van der Waals surface area contributed by atoms with Crippen LogP contribution in [0, 0.1) is 5.92 Å². The highest BCUT2D eigenvalue weighted by Crippen LogP contribution is 2.22. The zero-order valence-electron chi connectivity index (χ0n) is 14.6. The fraction of sp³-hybridized carbons (Fsp3) is 0.300. The summed E-state index contributed by atoms with van der Waals surface area (Å²) >= 11 is 6.19. The second-order valence-electron chi connectivity index (χ2n) is 6.31. The number of rotatable bonds is 6. The number of benzene rings is 2. The molecule has 2 atom stereocenters. The second kappa shape index (κ2) is 8.67. The lowest BCUT2D eigenvalue weighted by Gasteiger charge is -2.24. The largest absolute Gasteiger partial charge is 0.348 e. The van der Waals surface area contributed by atoms with Crippen LogP contribution in [-0.2, 0) is 4.79 Å². The molecule has 0 saturated heterocycles. The van der Waals surface area contributed by atoms with Crippen molar-refractivity contribution in [2.24, 2.45) is 5.92 Å². The molecular formula is C20H23ClN2O2. The van der Waals surface area contributed by atoms with Crippen LogP contribution < -0.4 is 10.6 Å². The quantitative estimate of drug-likeness (QED) is 0.820. The fourth-order valence-corrected chi connectivity index (χ4v) is 2.86. The number of nitrogens with one attached hydrogen (secondary N) is 2. The van der Waals surface area contributed by atoms with Crippen LogP contribution in [0.15, 0.2) is 54.6 Å². The van der Waals surface area contributed by atoms with Crippen molar-refractivity contribution < 1.29 is 9.59 Å². The Morgan fingerprint density at radius 1 is 0.880 bits per heavy atom. The first-order chi connectivity index (χ1) is 11.9. The Labute approximate surface area is 153 Å². The van der Waals surface area contributed by atoms with Gasteiger partial charge in [-0.1, -0.05) is 61.8 Å². The lowest BCUT2D eigenvalue weighted by molar-refractivity contribution is -0.124. The predicted octanol–water partition coefficient (Wildman–Crippen LogP) is 3.97. The van der Waals surface area contributed by atoms with E-state index in [1.807, 2.05) is 45.0 Å². The summed E-state index contributed by atoms with van der Waals surface area (Å²) in [6.45, 7) is 5.67. The Hall–Kier alpha value is -2.33. The van der Waals surface area contributed by atoms with E-state index < -0.39 is 6.04 Å². The van der Waals surface area contributed by atoms with Crippen molar-refractivity contribution in [2.75, 3.05) is 0 Å². The molecule has 0 heterocycles. The van der Waals surface area contributed by atoms with Crippen LogP contribution in [0.25, 0.3) is 0 Å². The van der Waals surface area contributed by atoms with Crippen molar-refractivity contribution in [3.8, 4) is 0 Å². The third kappa shape index (κ3) is 5.07. The van der Waals surface area contributed by atoms with Gasteiger partial charge < -0.3 is 10.6 Å². The summed E-state index contributed by atoms with van der Waals surface area (Å²) in [4.78, 5) is 25.0. The van der Waals surface area contributed by atoms with Gasteiger partial charge in [0.25, 0.3) is 5.91 Å². The Bertz CT molecular complexity index is 731. The van der Waals surface area contributed by atoms with E-state index in [9.17, 15) is 9.59 Å². The SMILES string of the molecule is CC(NC(=O)[C@@H](NC(=O)c1ccccc1)C(C)C)c1ccccc1Cl. The lowest BCUT2D eigenvalue weighted by Crippen LogP contribution is -2.50. The zero-order chi connectivity index (χ0) is 18.4. The first kappa shape index (κ1) is 19.0. The van der Waals surface area contributed by atoms with Gasteiger partial charge in [0.2, 0.25) is 5.91 Å². The number of hydrogen-bond donors (Lipinski definition) is 2. The highest BCUT2D eigenvalue weighted by atomic mass is 35.5. The molecule has 2 rings (SSSR count). The van der Waals surface area contributed by atoms with Gasteiger partial charge in [0.1, 0.15) is 6.04 Å². The van der Waals surface area contributed by atoms with Crippen molar-refractivity contribution in [3.63, 3.8) is 0 Å². The number of amides is 2. The maximum atomic E-state index is 12.7. The van der Waals surface area contributed by atoms with E-state index >= 15 is 0 Å². The average Bonchev–Trinajstić information content (AvgIpc) is 2.60. The van der Waals surface area contributed by atoms with Gasteiger partial charge in [-0.05, 0) is 36.6 Å². The molecule has 0 aliphatic heterocycles. The molecule has 0 fully saturated rings. The zero-order valence-corrected chi connectivity index (χ0v) is 15.4. The third-order valence-electron chi connectivity index (χ3n) is 4.00. The van der Waals surface area contributed by atoms with Crippen LogP contribution in [0.1, 0.15) is 42.7 Å². The van der Waals surface area contributed by atoms with Gasteiger partial charge in [-0.15, -0.1) is 0 Å². The van der Waals surface area contributed by atoms with Crippen molar-refractivity contribution >= 4 is 23.4 Å². The third-order valence-corrected chi connectivity index (χ3v) is 4.35. The van der Waals surface area contributed by atoms with Crippen LogP contribution >= 0.6 is 11.6 Å². The molecule has 4 nitrogen and oxygen atoms in total. The smallest absolute Gasteiger partial charge is 0.251 e. The van der Waals surface area contributed by atoms with Gasteiger partial charge in [0.15, 0.2) is 0 Å². The molecule has 0 bridgehead atoms. The number of carbonyl (C=O) groups is 2. The molecule has 0 radical (unpaired) electrons. The molecule has 0 saturated carbocycles. The predicted molar refractivity (Wildman–Crippen MR) is 101 cm³/mol. The molecule has 2 aromatic carbocycles. The maximum Gasteiger partial charge on any atom is 0.251 e. The van der Waals surface area contributed by atoms with Crippen molar-refractivity contribution in [3.05, 3.63) is 70.7 Å². The molecule has 0 aromatic heterocycles. The van der Waals surface area contributed by atoms with Crippen LogP contribution in [0.5, 0.6) is 0 Å². The Morgan fingerprint density at radius 3 is 2.08 bits per heavy atom. The standard InChI is InChI=1S/C20H23ClN2O2/c1-13(2)18(23-19(24)15-9-5-4-6-10-15)20(25)22-14(3)16-11-7-8-12-17(16)21/h4-14,18H,1-3H3,(H,22,25)(H,23,24)/t14?,18-/m0/s1. The van der Waals surface area contributed by atoms with Gasteiger partial charge in [-0.3, -0.25) is 9.59 Å². The normalized spacial score (nSPS) is 13.2. The molecule has 2 amide bonds. The summed E-state index contributed by atoms with van der Waals surface area (Å²) < 4.78 is 0. The van der Waals surface area contributed by atoms with Gasteiger partial charge in [-0.2, -0.15) is 0 Å². The minimum absolute atomic E-state index is 0.0499. The van der Waals surface area contributed by atoms with E-state index in [0.29, 0.717) is 10.6 Å². The van der Waals surface area contributed by atoms with Gasteiger partial charge >= 0.3 is 0 Å². The van der Waals surface area contributed by atoms with Crippen LogP contribution in [0.3, 0.4) is 0 Å². The topological polar surface area (TPSA) is 58.2 Å². The van der Waals surface area contributed by atoms with E-state index in [1.54, 1.807) is 30.3 Å². The monoisotopic (exact) mass is 358 g/mol. The average molecular weight is 359 g/mol. The molecular weight excluding hydrogens is 336 g/mol. The number of hydrogen-bond acceptors (Lipinski definition) is 2. The van der Waals surface area contributed by atoms with E-state index in [-0.39, 0.29) is 23.8 Å². The Morgan fingerprint density at radius 2 is 1.48 bits per heavy atom. The van der Waals surface area contributed by atoms with Crippen molar-refractivity contribution in [1.29, 1.82) is 0 Å². The van der Waals surface area contributed by atoms with Crippen molar-refractivity contribution in [2.45, 2.75) is 32.9 Å². The molecule has 25 heavy (non-hydrogen) atoms. The van der Waals surface area contributed by atoms with E-state index in [2.05, 4.69) is 10.6 Å². The highest BCUT2D eigenvalue weighted by molar-refractivity contribution is 6.31. The number of halogens is 1. The minimum Gasteiger partial charge on any atom is -0.348 e. The van der Waals surface area contributed by atoms with Crippen LogP contribution in [0.2, 0.25) is 5.02 Å². The van der Waals surface area contributed by atoms with Crippen LogP contribution in [-0.4, -0.2) is 17.9 Å². The summed E-state index contributed by atoms with van der Waals surface area (Å²) in [5.74, 6) is -0.544. The highest BCUT2D eigenvalue weighted by Gasteiger charge is 2.26. The summed E-state index contributed by atoms with van der Waals surface area (Å²) in [6.07, 6.45) is 0. The van der Waals surface area contributed by atoms with Gasteiger partial charge in [0, 0.05) is 10.6 Å². The molecule has 5 heteroatoms. The maximum absolute atomic E-state index is 12.7. The first-order valence-corrected chi connectivity index (χ1v) is 8.68. The lowest BCUT2D eigenvalue weighted by atomic mass is 10.0. The van der Waals surface area contributed by atoms with E-state index in [4.69, 9.17) is 11.6 Å². The summed E-state index contributed by atoms with van der Waals surface area (Å²) in [6, 6.07) is 15.4. The summed E-state index contributed by atoms with van der Waals surface area (Å²) in [5.41, 5.74) is 1.37. The van der Waals surface area contributed by atoms with E-state index in [1.165, 1.54) is 0 Å². The summed E-state index contributed by atoms with van der Waals surface area (Å²) in [7, 11) is 0. The molecule has 132 valence electrons. The number of carbonyl (C=O) groups excluding carboxylic acids is 2.